The Morgan fingerprint density at radius 1 is 1.47 bits per heavy atom. The Bertz CT molecular complexity index is 347. The van der Waals surface area contributed by atoms with Crippen LogP contribution in [0.1, 0.15) is 33.4 Å². The molecular weight excluding hydrogens is 190 g/mol. The Morgan fingerprint density at radius 3 is 2.53 bits per heavy atom. The summed E-state index contributed by atoms with van der Waals surface area (Å²) in [6.45, 7) is 11.2. The minimum absolute atomic E-state index is 0.0786. The van der Waals surface area contributed by atoms with Crippen LogP contribution in [0, 0.1) is 5.41 Å². The van der Waals surface area contributed by atoms with Gasteiger partial charge in [0.2, 0.25) is 0 Å². The fourth-order valence-corrected chi connectivity index (χ4v) is 1.65. The van der Waals surface area contributed by atoms with E-state index in [-0.39, 0.29) is 10.8 Å². The molecule has 1 aliphatic rings. The molecule has 4 nitrogen and oxygen atoms in total. The third-order valence-electron chi connectivity index (χ3n) is 2.75. The van der Waals surface area contributed by atoms with Gasteiger partial charge in [-0.3, -0.25) is 4.68 Å². The average molecular weight is 209 g/mol. The second kappa shape index (κ2) is 3.30. The Morgan fingerprint density at radius 2 is 2.13 bits per heavy atom. The van der Waals surface area contributed by atoms with Gasteiger partial charge in [-0.15, -0.1) is 5.10 Å². The number of hydrogen-bond acceptors (Lipinski definition) is 3. The molecule has 4 heteroatoms. The first kappa shape index (κ1) is 10.6. The molecule has 0 spiro atoms. The lowest BCUT2D eigenvalue weighted by molar-refractivity contribution is -0.111. The fraction of sp³-hybridized carbons (Fsp3) is 0.818. The van der Waals surface area contributed by atoms with E-state index in [0.29, 0.717) is 0 Å². The smallest absolute Gasteiger partial charge is 0.0880 e. The summed E-state index contributed by atoms with van der Waals surface area (Å²) >= 11 is 0. The maximum Gasteiger partial charge on any atom is 0.0880 e. The van der Waals surface area contributed by atoms with Gasteiger partial charge in [0.15, 0.2) is 0 Å². The molecule has 0 aliphatic carbocycles. The van der Waals surface area contributed by atoms with Gasteiger partial charge in [0, 0.05) is 17.0 Å². The van der Waals surface area contributed by atoms with Crippen molar-refractivity contribution in [1.82, 2.24) is 15.0 Å². The second-order valence-corrected chi connectivity index (χ2v) is 5.85. The predicted octanol–water partition coefficient (Wildman–Crippen LogP) is 1.61. The van der Waals surface area contributed by atoms with Gasteiger partial charge >= 0.3 is 0 Å². The lowest BCUT2D eigenvalue weighted by Gasteiger charge is -2.37. The van der Waals surface area contributed by atoms with Crippen LogP contribution in [0.3, 0.4) is 0 Å². The standard InChI is InChI=1S/C11H19N3O/c1-10(2,3)9-5-14(13-12-9)6-11(4)7-15-8-11/h5H,6-8H2,1-4H3. The molecule has 0 unspecified atom stereocenters. The monoisotopic (exact) mass is 209 g/mol. The topological polar surface area (TPSA) is 39.9 Å². The van der Waals surface area contributed by atoms with Gasteiger partial charge in [-0.2, -0.15) is 0 Å². The summed E-state index contributed by atoms with van der Waals surface area (Å²) in [5.41, 5.74) is 1.38. The van der Waals surface area contributed by atoms with E-state index >= 15 is 0 Å². The Kier molecular flexibility index (Phi) is 2.34. The highest BCUT2D eigenvalue weighted by molar-refractivity contribution is 5.06. The van der Waals surface area contributed by atoms with Gasteiger partial charge < -0.3 is 4.74 Å². The molecule has 1 aromatic rings. The van der Waals surface area contributed by atoms with Crippen molar-refractivity contribution in [1.29, 1.82) is 0 Å². The highest BCUT2D eigenvalue weighted by Crippen LogP contribution is 2.28. The van der Waals surface area contributed by atoms with Crippen molar-refractivity contribution in [3.05, 3.63) is 11.9 Å². The molecule has 2 heterocycles. The van der Waals surface area contributed by atoms with Crippen molar-refractivity contribution >= 4 is 0 Å². The summed E-state index contributed by atoms with van der Waals surface area (Å²) in [7, 11) is 0. The van der Waals surface area contributed by atoms with Crippen molar-refractivity contribution in [2.75, 3.05) is 13.2 Å². The van der Waals surface area contributed by atoms with E-state index in [0.717, 1.165) is 25.5 Å². The van der Waals surface area contributed by atoms with Crippen LogP contribution in [0.25, 0.3) is 0 Å². The molecule has 1 aromatic heterocycles. The van der Waals surface area contributed by atoms with Crippen LogP contribution in [-0.4, -0.2) is 28.2 Å². The maximum absolute atomic E-state index is 5.22. The van der Waals surface area contributed by atoms with Crippen molar-refractivity contribution in [3.8, 4) is 0 Å². The van der Waals surface area contributed by atoms with E-state index in [1.807, 2.05) is 10.9 Å². The van der Waals surface area contributed by atoms with Crippen molar-refractivity contribution in [2.45, 2.75) is 39.7 Å². The number of hydrogen-bond donors (Lipinski definition) is 0. The quantitative estimate of drug-likeness (QED) is 0.743. The lowest BCUT2D eigenvalue weighted by atomic mass is 9.88. The molecule has 0 saturated carbocycles. The largest absolute Gasteiger partial charge is 0.380 e. The van der Waals surface area contributed by atoms with Crippen LogP contribution in [-0.2, 0) is 16.7 Å². The molecule has 0 aromatic carbocycles. The van der Waals surface area contributed by atoms with Gasteiger partial charge in [0.25, 0.3) is 0 Å². The zero-order chi connectivity index (χ0) is 11.1. The number of aromatic nitrogens is 3. The second-order valence-electron chi connectivity index (χ2n) is 5.85. The molecule has 1 saturated heterocycles. The van der Waals surface area contributed by atoms with E-state index < -0.39 is 0 Å². The normalized spacial score (nSPS) is 20.0. The lowest BCUT2D eigenvalue weighted by Crippen LogP contribution is -2.43. The van der Waals surface area contributed by atoms with Crippen LogP contribution in [0.5, 0.6) is 0 Å². The van der Waals surface area contributed by atoms with Crippen molar-refractivity contribution in [2.24, 2.45) is 5.41 Å². The maximum atomic E-state index is 5.22. The van der Waals surface area contributed by atoms with Crippen molar-refractivity contribution < 1.29 is 4.74 Å². The van der Waals surface area contributed by atoms with E-state index in [1.165, 1.54) is 0 Å². The molecule has 2 rings (SSSR count). The number of nitrogens with zero attached hydrogens (tertiary/aromatic N) is 3. The summed E-state index contributed by atoms with van der Waals surface area (Å²) in [5.74, 6) is 0. The molecule has 84 valence electrons. The zero-order valence-corrected chi connectivity index (χ0v) is 9.95. The Balaban J connectivity index is 2.07. The first-order chi connectivity index (χ1) is 6.89. The molecule has 1 fully saturated rings. The van der Waals surface area contributed by atoms with Crippen molar-refractivity contribution in [3.63, 3.8) is 0 Å². The SMILES string of the molecule is CC1(Cn2cc(C(C)(C)C)nn2)COC1. The molecule has 0 amide bonds. The highest BCUT2D eigenvalue weighted by Gasteiger charge is 2.34. The van der Waals surface area contributed by atoms with Crippen LogP contribution in [0.2, 0.25) is 0 Å². The van der Waals surface area contributed by atoms with Crippen LogP contribution in [0.4, 0.5) is 0 Å². The van der Waals surface area contributed by atoms with Crippen LogP contribution in [0.15, 0.2) is 6.20 Å². The highest BCUT2D eigenvalue weighted by atomic mass is 16.5. The molecule has 0 radical (unpaired) electrons. The van der Waals surface area contributed by atoms with Crippen LogP contribution >= 0.6 is 0 Å². The minimum Gasteiger partial charge on any atom is -0.380 e. The van der Waals surface area contributed by atoms with Gasteiger partial charge in [0.1, 0.15) is 0 Å². The third kappa shape index (κ3) is 2.20. The molecule has 0 atom stereocenters. The first-order valence-corrected chi connectivity index (χ1v) is 5.37. The Labute approximate surface area is 90.6 Å². The molecule has 1 aliphatic heterocycles. The van der Waals surface area contributed by atoms with E-state index in [4.69, 9.17) is 4.74 Å². The summed E-state index contributed by atoms with van der Waals surface area (Å²) in [5, 5.41) is 8.36. The zero-order valence-electron chi connectivity index (χ0n) is 9.95. The van der Waals surface area contributed by atoms with Gasteiger partial charge in [-0.1, -0.05) is 32.9 Å². The minimum atomic E-state index is 0.0786. The van der Waals surface area contributed by atoms with Gasteiger partial charge in [0.05, 0.1) is 25.5 Å². The molecular formula is C11H19N3O. The molecule has 15 heavy (non-hydrogen) atoms. The summed E-state index contributed by atoms with van der Waals surface area (Å²) in [6.07, 6.45) is 2.05. The van der Waals surface area contributed by atoms with E-state index in [2.05, 4.69) is 38.0 Å². The molecule has 0 N–H and O–H groups in total. The molecule has 0 bridgehead atoms. The van der Waals surface area contributed by atoms with Crippen LogP contribution < -0.4 is 0 Å². The first-order valence-electron chi connectivity index (χ1n) is 5.37. The van der Waals surface area contributed by atoms with Gasteiger partial charge in [-0.05, 0) is 0 Å². The third-order valence-corrected chi connectivity index (χ3v) is 2.75. The van der Waals surface area contributed by atoms with E-state index in [9.17, 15) is 0 Å². The number of rotatable bonds is 2. The summed E-state index contributed by atoms with van der Waals surface area (Å²) in [6, 6.07) is 0. The Hall–Kier alpha value is -0.900. The van der Waals surface area contributed by atoms with E-state index in [1.54, 1.807) is 0 Å². The summed E-state index contributed by atoms with van der Waals surface area (Å²) in [4.78, 5) is 0. The van der Waals surface area contributed by atoms with Gasteiger partial charge in [-0.25, -0.2) is 0 Å². The number of ether oxygens (including phenoxy) is 1. The predicted molar refractivity (Wildman–Crippen MR) is 57.6 cm³/mol. The average Bonchev–Trinajstić information content (AvgIpc) is 2.49. The summed E-state index contributed by atoms with van der Waals surface area (Å²) < 4.78 is 7.16. The fourth-order valence-electron chi connectivity index (χ4n) is 1.65.